The molecule has 0 spiro atoms. The van der Waals surface area contributed by atoms with E-state index in [0.717, 1.165) is 50.0 Å². The number of carbonyl (C=O) groups excluding carboxylic acids is 1. The molecule has 1 aromatic rings. The molecule has 2 amide bonds. The summed E-state index contributed by atoms with van der Waals surface area (Å²) in [7, 11) is 0. The van der Waals surface area contributed by atoms with Gasteiger partial charge in [0.15, 0.2) is 0 Å². The number of benzene rings is 1. The number of allylic oxidation sites excluding steroid dienone is 1. The molecule has 2 N–H and O–H groups in total. The fraction of sp³-hybridized carbons (Fsp3) is 0.591. The summed E-state index contributed by atoms with van der Waals surface area (Å²) < 4.78 is 0. The second kappa shape index (κ2) is 7.48. The van der Waals surface area contributed by atoms with E-state index in [1.807, 2.05) is 12.1 Å². The van der Waals surface area contributed by atoms with Gasteiger partial charge in [-0.3, -0.25) is 4.90 Å². The summed E-state index contributed by atoms with van der Waals surface area (Å²) in [6, 6.07) is 7.33. The molecule has 0 aromatic heterocycles. The van der Waals surface area contributed by atoms with Crippen LogP contribution in [0.5, 0.6) is 0 Å². The molecule has 5 rings (SSSR count). The zero-order chi connectivity index (χ0) is 19.0. The summed E-state index contributed by atoms with van der Waals surface area (Å²) >= 11 is 5.97. The van der Waals surface area contributed by atoms with Gasteiger partial charge >= 0.3 is 6.03 Å². The molecule has 1 unspecified atom stereocenters. The van der Waals surface area contributed by atoms with Crippen molar-refractivity contribution < 1.29 is 4.79 Å². The standard InChI is InChI=1S/C22H30ClN3O/c1-22(2)16-7-6-15(20(22)12-16)14-26-10-8-18(9-11-26)24-21(27)25-19-5-3-4-17(23)13-19/h3-6,13,16,18,20H,7-12,14H2,1-2H3,(H2,24,25,27)/t16-,20?/m0/s1. The molecule has 2 atom stereocenters. The number of nitrogens with zero attached hydrogens (tertiary/aromatic N) is 1. The minimum Gasteiger partial charge on any atom is -0.335 e. The van der Waals surface area contributed by atoms with E-state index in [2.05, 4.69) is 35.5 Å². The molecule has 2 bridgehead atoms. The molecule has 3 aliphatic carbocycles. The van der Waals surface area contributed by atoms with Crippen LogP contribution in [0.4, 0.5) is 10.5 Å². The highest BCUT2D eigenvalue weighted by Crippen LogP contribution is 2.59. The maximum atomic E-state index is 12.2. The summed E-state index contributed by atoms with van der Waals surface area (Å²) in [5.74, 6) is 1.69. The average molecular weight is 388 g/mol. The number of carbonyl (C=O) groups is 1. The lowest BCUT2D eigenvalue weighted by atomic mass is 9.49. The number of likely N-dealkylation sites (tertiary alicyclic amines) is 1. The van der Waals surface area contributed by atoms with Crippen molar-refractivity contribution in [1.82, 2.24) is 10.2 Å². The van der Waals surface area contributed by atoms with E-state index in [1.54, 1.807) is 17.7 Å². The highest BCUT2D eigenvalue weighted by Gasteiger charge is 2.51. The number of hydrogen-bond donors (Lipinski definition) is 2. The lowest BCUT2D eigenvalue weighted by Crippen LogP contribution is -2.51. The van der Waals surface area contributed by atoms with E-state index in [4.69, 9.17) is 11.6 Å². The third kappa shape index (κ3) is 4.02. The Bertz CT molecular complexity index is 737. The van der Waals surface area contributed by atoms with Gasteiger partial charge in [0.05, 0.1) is 0 Å². The predicted molar refractivity (Wildman–Crippen MR) is 111 cm³/mol. The van der Waals surface area contributed by atoms with Crippen LogP contribution in [0.1, 0.15) is 39.5 Å². The predicted octanol–water partition coefficient (Wildman–Crippen LogP) is 4.92. The molecule has 4 aliphatic rings. The van der Waals surface area contributed by atoms with Crippen LogP contribution in [0.25, 0.3) is 0 Å². The number of fused-ring (bicyclic) bond motifs is 1. The summed E-state index contributed by atoms with van der Waals surface area (Å²) in [5, 5.41) is 6.60. The fourth-order valence-corrected chi connectivity index (χ4v) is 5.26. The first-order valence-corrected chi connectivity index (χ1v) is 10.5. The third-order valence-corrected chi connectivity index (χ3v) is 7.23. The van der Waals surface area contributed by atoms with Gasteiger partial charge in [0, 0.05) is 36.4 Å². The van der Waals surface area contributed by atoms with Crippen molar-refractivity contribution in [1.29, 1.82) is 0 Å². The van der Waals surface area contributed by atoms with Gasteiger partial charge < -0.3 is 10.6 Å². The van der Waals surface area contributed by atoms with Crippen LogP contribution in [0.3, 0.4) is 0 Å². The number of nitrogens with one attached hydrogen (secondary N) is 2. The van der Waals surface area contributed by atoms with Crippen LogP contribution in [0.2, 0.25) is 5.02 Å². The Hall–Kier alpha value is -1.52. The van der Waals surface area contributed by atoms with Crippen molar-refractivity contribution in [2.24, 2.45) is 17.3 Å². The molecule has 1 aromatic carbocycles. The van der Waals surface area contributed by atoms with Crippen molar-refractivity contribution >= 4 is 23.3 Å². The third-order valence-electron chi connectivity index (χ3n) is 6.99. The van der Waals surface area contributed by atoms with Crippen molar-refractivity contribution in [3.63, 3.8) is 0 Å². The van der Waals surface area contributed by atoms with Gasteiger partial charge in [-0.15, -0.1) is 0 Å². The number of amides is 2. The largest absolute Gasteiger partial charge is 0.335 e. The number of rotatable bonds is 4. The summed E-state index contributed by atoms with van der Waals surface area (Å²) in [6.45, 7) is 8.09. The highest BCUT2D eigenvalue weighted by molar-refractivity contribution is 6.30. The Morgan fingerprint density at radius 2 is 2.07 bits per heavy atom. The van der Waals surface area contributed by atoms with Gasteiger partial charge in [-0.2, -0.15) is 0 Å². The summed E-state index contributed by atoms with van der Waals surface area (Å²) in [5.41, 5.74) is 2.89. The van der Waals surface area contributed by atoms with Gasteiger partial charge in [0.25, 0.3) is 0 Å². The molecule has 2 fully saturated rings. The Labute approximate surface area is 167 Å². The second-order valence-corrected chi connectivity index (χ2v) is 9.42. The topological polar surface area (TPSA) is 44.4 Å². The molecule has 1 heterocycles. The molecular weight excluding hydrogens is 358 g/mol. The maximum absolute atomic E-state index is 12.2. The SMILES string of the molecule is CC1(C)C2C[C@@H]1CC=C2CN1CCC(NC(=O)Nc2cccc(Cl)c2)CC1. The van der Waals surface area contributed by atoms with Gasteiger partial charge in [-0.05, 0) is 61.1 Å². The van der Waals surface area contributed by atoms with E-state index in [-0.39, 0.29) is 12.1 Å². The zero-order valence-corrected chi connectivity index (χ0v) is 17.1. The first-order valence-electron chi connectivity index (χ1n) is 10.2. The average Bonchev–Trinajstić information content (AvgIpc) is 2.63. The Kier molecular flexibility index (Phi) is 5.21. The van der Waals surface area contributed by atoms with Gasteiger partial charge in [-0.25, -0.2) is 4.79 Å². The van der Waals surface area contributed by atoms with Crippen molar-refractivity contribution in [3.8, 4) is 0 Å². The van der Waals surface area contributed by atoms with E-state index in [9.17, 15) is 4.79 Å². The van der Waals surface area contributed by atoms with Crippen LogP contribution >= 0.6 is 11.6 Å². The number of piperidine rings is 1. The Morgan fingerprint density at radius 3 is 2.74 bits per heavy atom. The minimum absolute atomic E-state index is 0.145. The van der Waals surface area contributed by atoms with E-state index < -0.39 is 0 Å². The van der Waals surface area contributed by atoms with Gasteiger partial charge in [-0.1, -0.05) is 43.2 Å². The smallest absolute Gasteiger partial charge is 0.319 e. The monoisotopic (exact) mass is 387 g/mol. The Balaban J connectivity index is 1.22. The number of hydrogen-bond acceptors (Lipinski definition) is 2. The van der Waals surface area contributed by atoms with E-state index >= 15 is 0 Å². The van der Waals surface area contributed by atoms with Crippen LogP contribution < -0.4 is 10.6 Å². The highest BCUT2D eigenvalue weighted by atomic mass is 35.5. The molecule has 4 nitrogen and oxygen atoms in total. The zero-order valence-electron chi connectivity index (χ0n) is 16.3. The molecule has 5 heteroatoms. The molecule has 1 saturated heterocycles. The molecule has 0 radical (unpaired) electrons. The van der Waals surface area contributed by atoms with Crippen molar-refractivity contribution in [2.45, 2.75) is 45.6 Å². The van der Waals surface area contributed by atoms with E-state index in [0.29, 0.717) is 10.4 Å². The molecule has 146 valence electrons. The van der Waals surface area contributed by atoms with Gasteiger partial charge in [0.2, 0.25) is 0 Å². The van der Waals surface area contributed by atoms with Crippen molar-refractivity contribution in [3.05, 3.63) is 40.9 Å². The normalized spacial score (nSPS) is 27.4. The molecule has 27 heavy (non-hydrogen) atoms. The number of halogens is 1. The minimum atomic E-state index is -0.145. The van der Waals surface area contributed by atoms with Crippen molar-refractivity contribution in [2.75, 3.05) is 25.0 Å². The lowest BCUT2D eigenvalue weighted by molar-refractivity contribution is -0.0113. The summed E-state index contributed by atoms with van der Waals surface area (Å²) in [6.07, 6.45) is 7.17. The number of anilines is 1. The molecule has 1 aliphatic heterocycles. The quantitative estimate of drug-likeness (QED) is 0.720. The van der Waals surface area contributed by atoms with Crippen LogP contribution in [0, 0.1) is 17.3 Å². The van der Waals surface area contributed by atoms with Crippen LogP contribution in [-0.2, 0) is 0 Å². The first-order chi connectivity index (χ1) is 12.9. The first kappa shape index (κ1) is 18.8. The second-order valence-electron chi connectivity index (χ2n) is 8.98. The molecule has 1 saturated carbocycles. The van der Waals surface area contributed by atoms with Crippen LogP contribution in [-0.4, -0.2) is 36.6 Å². The van der Waals surface area contributed by atoms with E-state index in [1.165, 1.54) is 12.8 Å². The van der Waals surface area contributed by atoms with Crippen LogP contribution in [0.15, 0.2) is 35.9 Å². The maximum Gasteiger partial charge on any atom is 0.319 e. The lowest BCUT2D eigenvalue weighted by Gasteiger charge is -2.57. The van der Waals surface area contributed by atoms with Gasteiger partial charge in [0.1, 0.15) is 0 Å². The summed E-state index contributed by atoms with van der Waals surface area (Å²) in [4.78, 5) is 14.8. The number of urea groups is 1. The fourth-order valence-electron chi connectivity index (χ4n) is 5.07. The molecular formula is C22H30ClN3O. The Morgan fingerprint density at radius 1 is 1.30 bits per heavy atom.